The van der Waals surface area contributed by atoms with Crippen molar-refractivity contribution >= 4 is 32.5 Å². The van der Waals surface area contributed by atoms with E-state index in [9.17, 15) is 13.2 Å². The first-order valence-corrected chi connectivity index (χ1v) is 6.60. The number of anilines is 1. The second-order valence-electron chi connectivity index (χ2n) is 3.81. The molecule has 0 radical (unpaired) electrons. The average Bonchev–Trinajstić information content (AvgIpc) is 2.27. The van der Waals surface area contributed by atoms with Gasteiger partial charge in [-0.25, -0.2) is 0 Å². The number of fused-ring (bicyclic) bond motifs is 1. The van der Waals surface area contributed by atoms with Gasteiger partial charge in [0, 0.05) is 23.4 Å². The predicted octanol–water partition coefficient (Wildman–Crippen LogP) is -0.951. The fourth-order valence-corrected chi connectivity index (χ4v) is 2.49. The zero-order chi connectivity index (χ0) is 13.3. The Bertz CT molecular complexity index is 728. The van der Waals surface area contributed by atoms with Gasteiger partial charge in [0.15, 0.2) is 0 Å². The largest absolute Gasteiger partial charge is 1.00 e. The molecule has 0 atom stereocenters. The molecule has 0 aliphatic carbocycles. The van der Waals surface area contributed by atoms with Crippen LogP contribution in [0.5, 0.6) is 0 Å². The summed E-state index contributed by atoms with van der Waals surface area (Å²) in [6, 6.07) is 9.35. The van der Waals surface area contributed by atoms with Crippen LogP contribution in [-0.4, -0.2) is 18.9 Å². The first-order chi connectivity index (χ1) is 8.39. The molecule has 0 bridgehead atoms. The maximum absolute atomic E-state index is 11.2. The van der Waals surface area contributed by atoms with Crippen molar-refractivity contribution in [1.82, 2.24) is 0 Å². The smallest absolute Gasteiger partial charge is 0.326 e. The monoisotopic (exact) mass is 288 g/mol. The summed E-state index contributed by atoms with van der Waals surface area (Å²) in [5.74, 6) is -0.250. The fourth-order valence-electron chi connectivity index (χ4n) is 1.80. The molecule has 1 amide bonds. The molecule has 94 valence electrons. The quantitative estimate of drug-likeness (QED) is 0.551. The van der Waals surface area contributed by atoms with Gasteiger partial charge >= 0.3 is 29.6 Å². The molecular weight excluding hydrogens is 277 g/mol. The van der Waals surface area contributed by atoms with E-state index in [1.807, 2.05) is 0 Å². The zero-order valence-corrected chi connectivity index (χ0v) is 13.4. The van der Waals surface area contributed by atoms with E-state index in [-0.39, 0.29) is 40.4 Å². The van der Waals surface area contributed by atoms with Gasteiger partial charge in [-0.2, -0.15) is 8.42 Å². The molecule has 2 aromatic carbocycles. The van der Waals surface area contributed by atoms with E-state index < -0.39 is 10.1 Å². The van der Waals surface area contributed by atoms with Crippen LogP contribution in [0.15, 0.2) is 41.3 Å². The maximum atomic E-state index is 11.2. The summed E-state index contributed by atoms with van der Waals surface area (Å²) in [6.45, 7) is 1.37. The van der Waals surface area contributed by atoms with Crippen molar-refractivity contribution in [3.8, 4) is 0 Å². The fraction of sp³-hybridized carbons (Fsp3) is 0.0833. The number of rotatable bonds is 2. The van der Waals surface area contributed by atoms with E-state index in [1.54, 1.807) is 24.3 Å². The van der Waals surface area contributed by atoms with Gasteiger partial charge in [-0.3, -0.25) is 9.35 Å². The minimum absolute atomic E-state index is 0. The summed E-state index contributed by atoms with van der Waals surface area (Å²) in [5.41, 5.74) is 0.505. The standard InChI is InChI=1S/C12H11NO4S.Na/c1-8(14)13-11-6-7-12(18(15,16)17)10-5-3-2-4-9(10)11;/h2-7H,1H3,(H,13,14)(H,15,16,17);/q;+1. The molecule has 2 aromatic rings. The van der Waals surface area contributed by atoms with E-state index >= 15 is 0 Å². The zero-order valence-electron chi connectivity index (χ0n) is 10.5. The van der Waals surface area contributed by atoms with Crippen LogP contribution in [-0.2, 0) is 14.9 Å². The molecule has 0 fully saturated rings. The van der Waals surface area contributed by atoms with Crippen molar-refractivity contribution in [2.45, 2.75) is 11.8 Å². The summed E-state index contributed by atoms with van der Waals surface area (Å²) in [5, 5.41) is 3.54. The normalized spacial score (nSPS) is 10.8. The van der Waals surface area contributed by atoms with Gasteiger partial charge in [0.2, 0.25) is 5.91 Å². The molecule has 0 aliphatic heterocycles. The van der Waals surface area contributed by atoms with Crippen LogP contribution in [0.3, 0.4) is 0 Å². The molecule has 0 spiro atoms. The molecular formula is C12H11NNaO4S+. The Morgan fingerprint density at radius 3 is 2.21 bits per heavy atom. The molecule has 0 aliphatic rings. The van der Waals surface area contributed by atoms with Crippen LogP contribution in [0.2, 0.25) is 0 Å². The van der Waals surface area contributed by atoms with E-state index in [1.165, 1.54) is 19.1 Å². The first kappa shape index (κ1) is 16.1. The van der Waals surface area contributed by atoms with Crippen molar-refractivity contribution < 1.29 is 47.3 Å². The van der Waals surface area contributed by atoms with E-state index in [4.69, 9.17) is 4.55 Å². The Morgan fingerprint density at radius 2 is 1.68 bits per heavy atom. The Labute approximate surface area is 133 Å². The molecule has 0 saturated heterocycles. The molecule has 0 aromatic heterocycles. The van der Waals surface area contributed by atoms with Crippen LogP contribution < -0.4 is 34.9 Å². The van der Waals surface area contributed by atoms with Crippen molar-refractivity contribution in [3.63, 3.8) is 0 Å². The average molecular weight is 288 g/mol. The van der Waals surface area contributed by atoms with Gasteiger partial charge in [0.25, 0.3) is 10.1 Å². The Hall–Kier alpha value is -0.920. The number of nitrogens with one attached hydrogen (secondary N) is 1. The van der Waals surface area contributed by atoms with Gasteiger partial charge < -0.3 is 5.32 Å². The Morgan fingerprint density at radius 1 is 1.11 bits per heavy atom. The van der Waals surface area contributed by atoms with E-state index in [2.05, 4.69) is 5.32 Å². The van der Waals surface area contributed by atoms with E-state index in [0.29, 0.717) is 16.5 Å². The third-order valence-electron chi connectivity index (χ3n) is 2.47. The van der Waals surface area contributed by atoms with Crippen molar-refractivity contribution in [2.24, 2.45) is 0 Å². The molecule has 2 N–H and O–H groups in total. The molecule has 19 heavy (non-hydrogen) atoms. The Balaban J connectivity index is 0.00000180. The Kier molecular flexibility index (Phi) is 5.11. The van der Waals surface area contributed by atoms with Crippen LogP contribution >= 0.6 is 0 Å². The van der Waals surface area contributed by atoms with Crippen LogP contribution in [0.4, 0.5) is 5.69 Å². The summed E-state index contributed by atoms with van der Waals surface area (Å²) in [7, 11) is -4.29. The number of hydrogen-bond acceptors (Lipinski definition) is 3. The van der Waals surface area contributed by atoms with Gasteiger partial charge in [0.1, 0.15) is 4.90 Å². The number of hydrogen-bond donors (Lipinski definition) is 2. The molecule has 2 rings (SSSR count). The second-order valence-corrected chi connectivity index (χ2v) is 5.20. The molecule has 0 unspecified atom stereocenters. The molecule has 0 saturated carbocycles. The van der Waals surface area contributed by atoms with Crippen molar-refractivity contribution in [3.05, 3.63) is 36.4 Å². The van der Waals surface area contributed by atoms with E-state index in [0.717, 1.165) is 0 Å². The molecule has 5 nitrogen and oxygen atoms in total. The van der Waals surface area contributed by atoms with Crippen LogP contribution in [0.25, 0.3) is 10.8 Å². The van der Waals surface area contributed by atoms with Gasteiger partial charge in [0.05, 0.1) is 0 Å². The third-order valence-corrected chi connectivity index (χ3v) is 3.38. The number of carbonyl (C=O) groups is 1. The molecule has 0 heterocycles. The van der Waals surface area contributed by atoms with Gasteiger partial charge in [-0.1, -0.05) is 24.3 Å². The van der Waals surface area contributed by atoms with Crippen LogP contribution in [0.1, 0.15) is 6.92 Å². The minimum atomic E-state index is -4.29. The summed E-state index contributed by atoms with van der Waals surface area (Å²) >= 11 is 0. The summed E-state index contributed by atoms with van der Waals surface area (Å²) in [4.78, 5) is 10.9. The predicted molar refractivity (Wildman–Crippen MR) is 68.1 cm³/mol. The SMILES string of the molecule is CC(=O)Nc1ccc(S(=O)(=O)O)c2ccccc12.[Na+]. The van der Waals surface area contributed by atoms with Gasteiger partial charge in [-0.05, 0) is 12.1 Å². The number of benzene rings is 2. The number of carbonyl (C=O) groups excluding carboxylic acids is 1. The number of amides is 1. The maximum Gasteiger partial charge on any atom is 1.00 e. The first-order valence-electron chi connectivity index (χ1n) is 5.16. The third kappa shape index (κ3) is 3.55. The van der Waals surface area contributed by atoms with Gasteiger partial charge in [-0.15, -0.1) is 0 Å². The topological polar surface area (TPSA) is 83.5 Å². The summed E-state index contributed by atoms with van der Waals surface area (Å²) in [6.07, 6.45) is 0. The second kappa shape index (κ2) is 6.02. The van der Waals surface area contributed by atoms with Crippen molar-refractivity contribution in [2.75, 3.05) is 5.32 Å². The molecule has 7 heteroatoms. The van der Waals surface area contributed by atoms with Crippen LogP contribution in [0, 0.1) is 0 Å². The summed E-state index contributed by atoms with van der Waals surface area (Å²) < 4.78 is 31.6. The minimum Gasteiger partial charge on any atom is -0.326 e. The van der Waals surface area contributed by atoms with Crippen molar-refractivity contribution in [1.29, 1.82) is 0 Å².